The molecule has 0 aromatic rings. The molecule has 0 unspecified atom stereocenters. The Labute approximate surface area is 61.1 Å². The molecule has 0 aliphatic rings. The average molecular weight is 268 g/mol. The zero-order chi connectivity index (χ0) is 0. The molecule has 4 N–H and O–H groups in total. The van der Waals surface area contributed by atoms with Crippen molar-refractivity contribution in [1.82, 2.24) is 0 Å². The molecule has 5 heteroatoms. The second-order valence-electron chi connectivity index (χ2n) is 0. The Morgan fingerprint density at radius 3 is 0.600 bits per heavy atom. The van der Waals surface area contributed by atoms with Crippen molar-refractivity contribution in [3.8, 4) is 0 Å². The summed E-state index contributed by atoms with van der Waals surface area (Å²) in [6, 6.07) is 0. The summed E-state index contributed by atoms with van der Waals surface area (Å²) in [7, 11) is 0. The summed E-state index contributed by atoms with van der Waals surface area (Å²) in [5, 5.41) is 0. The van der Waals surface area contributed by atoms with Gasteiger partial charge >= 0.3 is 44.8 Å². The normalized spacial score (nSPS) is 0. The van der Waals surface area contributed by atoms with Gasteiger partial charge in [-0.2, -0.15) is 0 Å². The van der Waals surface area contributed by atoms with Crippen molar-refractivity contribution in [2.24, 2.45) is 0 Å². The van der Waals surface area contributed by atoms with E-state index in [0.29, 0.717) is 0 Å². The van der Waals surface area contributed by atoms with Crippen LogP contribution in [-0.2, 0) is 50.2 Å². The minimum atomic E-state index is 0. The minimum Gasteiger partial charge on any atom is -2.00 e. The summed E-state index contributed by atoms with van der Waals surface area (Å²) >= 11 is 0. The molecule has 0 saturated carbocycles. The van der Waals surface area contributed by atoms with E-state index >= 15 is 0 Å². The zero-order valence-electron chi connectivity index (χ0n) is 2.01. The third-order valence-electron chi connectivity index (χ3n) is 0. The Kier molecular flexibility index (Phi) is 1090. The summed E-state index contributed by atoms with van der Waals surface area (Å²) in [6.45, 7) is 0. The first-order valence-corrected chi connectivity index (χ1v) is 0. The van der Waals surface area contributed by atoms with Crippen molar-refractivity contribution in [2.75, 3.05) is 0 Å². The van der Waals surface area contributed by atoms with Crippen molar-refractivity contribution in [1.29, 1.82) is 0 Å². The van der Waals surface area contributed by atoms with Gasteiger partial charge in [0.1, 0.15) is 0 Å². The van der Waals surface area contributed by atoms with E-state index in [2.05, 4.69) is 0 Å². The monoisotopic (exact) mass is 266 g/mol. The molecule has 0 heterocycles. The SMILES string of the molecule is O.O.[Ag+].[Ag+].[O-2]. The molecule has 5 heavy (non-hydrogen) atoms. The quantitative estimate of drug-likeness (QED) is 0.465. The molecule has 0 fully saturated rings. The summed E-state index contributed by atoms with van der Waals surface area (Å²) in [5.41, 5.74) is 0. The molecule has 0 amide bonds. The number of rotatable bonds is 0. The predicted octanol–water partition coefficient (Wildman–Crippen LogP) is -1.77. The van der Waals surface area contributed by atoms with Crippen LogP contribution >= 0.6 is 0 Å². The summed E-state index contributed by atoms with van der Waals surface area (Å²) in [6.07, 6.45) is 0. The predicted molar refractivity (Wildman–Crippen MR) is 7.91 cm³/mol. The third kappa shape index (κ3) is 32.7. The maximum absolute atomic E-state index is 0. The van der Waals surface area contributed by atoms with Gasteiger partial charge in [-0.1, -0.05) is 0 Å². The molecule has 0 radical (unpaired) electrons. The van der Waals surface area contributed by atoms with Gasteiger partial charge in [-0.3, -0.25) is 0 Å². The van der Waals surface area contributed by atoms with Crippen LogP contribution in [0.1, 0.15) is 0 Å². The van der Waals surface area contributed by atoms with Gasteiger partial charge in [0.2, 0.25) is 0 Å². The molecular formula is H4Ag2O3. The molecule has 0 bridgehead atoms. The van der Waals surface area contributed by atoms with Crippen LogP contribution in [0.5, 0.6) is 0 Å². The summed E-state index contributed by atoms with van der Waals surface area (Å²) in [5.74, 6) is 0. The molecule has 0 rings (SSSR count). The zero-order valence-corrected chi connectivity index (χ0v) is 4.98. The van der Waals surface area contributed by atoms with Crippen LogP contribution in [0.2, 0.25) is 0 Å². The van der Waals surface area contributed by atoms with Gasteiger partial charge in [0, 0.05) is 0 Å². The summed E-state index contributed by atoms with van der Waals surface area (Å²) in [4.78, 5) is 0. The largest absolute Gasteiger partial charge is 2.00 e. The van der Waals surface area contributed by atoms with E-state index < -0.39 is 0 Å². The Balaban J connectivity index is 0. The molecular weight excluding hydrogens is 264 g/mol. The maximum Gasteiger partial charge on any atom is 1.00 e. The Bertz CT molecular complexity index is 4.85. The van der Waals surface area contributed by atoms with Crippen molar-refractivity contribution >= 4 is 0 Å². The van der Waals surface area contributed by atoms with E-state index in [1.54, 1.807) is 0 Å². The molecule has 3 nitrogen and oxygen atoms in total. The first-order chi connectivity index (χ1) is 0. The van der Waals surface area contributed by atoms with Crippen LogP contribution in [0.3, 0.4) is 0 Å². The molecule has 0 atom stereocenters. The fraction of sp³-hybridized carbons (Fsp3) is 0. The van der Waals surface area contributed by atoms with Gasteiger partial charge in [-0.25, -0.2) is 0 Å². The van der Waals surface area contributed by atoms with Crippen LogP contribution in [0.4, 0.5) is 0 Å². The van der Waals surface area contributed by atoms with Crippen LogP contribution in [0.25, 0.3) is 0 Å². The topological polar surface area (TPSA) is 91.5 Å². The van der Waals surface area contributed by atoms with Gasteiger partial charge in [-0.05, 0) is 0 Å². The average Bonchev–Trinajstić information content (AvgIpc) is 0. The molecule has 0 aromatic carbocycles. The van der Waals surface area contributed by atoms with Crippen LogP contribution < -0.4 is 0 Å². The van der Waals surface area contributed by atoms with Crippen molar-refractivity contribution in [3.63, 3.8) is 0 Å². The van der Waals surface area contributed by atoms with E-state index in [9.17, 15) is 0 Å². The van der Waals surface area contributed by atoms with Gasteiger partial charge in [-0.15, -0.1) is 0 Å². The van der Waals surface area contributed by atoms with Gasteiger partial charge in [0.25, 0.3) is 0 Å². The summed E-state index contributed by atoms with van der Waals surface area (Å²) < 4.78 is 0. The Hall–Kier alpha value is 1.36. The second kappa shape index (κ2) is 55.1. The first kappa shape index (κ1) is 98.7. The first-order valence-electron chi connectivity index (χ1n) is 0. The smallest absolute Gasteiger partial charge is 1.00 e. The molecule has 0 aromatic heterocycles. The van der Waals surface area contributed by atoms with Gasteiger partial charge in [0.05, 0.1) is 0 Å². The molecule has 44 valence electrons. The second-order valence-corrected chi connectivity index (χ2v) is 0. The van der Waals surface area contributed by atoms with Crippen LogP contribution in [-0.4, -0.2) is 11.0 Å². The molecule has 0 aliphatic heterocycles. The number of hydrogen-bond acceptors (Lipinski definition) is 0. The molecule has 0 spiro atoms. The number of hydrogen-bond donors (Lipinski definition) is 0. The van der Waals surface area contributed by atoms with Crippen LogP contribution in [0.15, 0.2) is 0 Å². The van der Waals surface area contributed by atoms with Crippen LogP contribution in [0, 0.1) is 0 Å². The third-order valence-corrected chi connectivity index (χ3v) is 0. The van der Waals surface area contributed by atoms with Gasteiger partial charge < -0.3 is 16.4 Å². The van der Waals surface area contributed by atoms with Crippen molar-refractivity contribution in [2.45, 2.75) is 0 Å². The fourth-order valence-corrected chi connectivity index (χ4v) is 0. The minimum absolute atomic E-state index is 0. The van der Waals surface area contributed by atoms with E-state index in [1.807, 2.05) is 0 Å². The van der Waals surface area contributed by atoms with E-state index in [4.69, 9.17) is 0 Å². The Morgan fingerprint density at radius 2 is 0.600 bits per heavy atom. The molecule has 0 aliphatic carbocycles. The standard InChI is InChI=1S/2Ag.2H2O.O/h;;2*1H2;/q2*+1;;;-2. The molecule has 0 saturated heterocycles. The maximum atomic E-state index is 0. The van der Waals surface area contributed by atoms with E-state index in [1.165, 1.54) is 0 Å². The van der Waals surface area contributed by atoms with E-state index in [-0.39, 0.29) is 61.2 Å². The van der Waals surface area contributed by atoms with Gasteiger partial charge in [0.15, 0.2) is 0 Å². The van der Waals surface area contributed by atoms with Crippen molar-refractivity contribution in [3.05, 3.63) is 0 Å². The van der Waals surface area contributed by atoms with E-state index in [0.717, 1.165) is 0 Å². The Morgan fingerprint density at radius 1 is 0.600 bits per heavy atom. The fourth-order valence-electron chi connectivity index (χ4n) is 0. The van der Waals surface area contributed by atoms with Crippen molar-refractivity contribution < 1.29 is 61.2 Å².